The Labute approximate surface area is 151 Å². The van der Waals surface area contributed by atoms with E-state index < -0.39 is 18.0 Å². The van der Waals surface area contributed by atoms with Gasteiger partial charge in [0.25, 0.3) is 5.91 Å². The van der Waals surface area contributed by atoms with E-state index in [2.05, 4.69) is 10.6 Å². The third kappa shape index (κ3) is 5.42. The zero-order valence-corrected chi connectivity index (χ0v) is 14.5. The fraction of sp³-hybridized carbons (Fsp3) is 0.211. The molecule has 0 aliphatic rings. The van der Waals surface area contributed by atoms with Gasteiger partial charge in [0.15, 0.2) is 0 Å². The summed E-state index contributed by atoms with van der Waals surface area (Å²) in [5.41, 5.74) is 1.27. The van der Waals surface area contributed by atoms with Crippen LogP contribution in [-0.2, 0) is 20.9 Å². The quantitative estimate of drug-likeness (QED) is 0.707. The van der Waals surface area contributed by atoms with Gasteiger partial charge >= 0.3 is 5.97 Å². The maximum Gasteiger partial charge on any atom is 0.337 e. The van der Waals surface area contributed by atoms with Crippen LogP contribution in [0.25, 0.3) is 0 Å². The summed E-state index contributed by atoms with van der Waals surface area (Å²) in [5.74, 6) is -2.00. The summed E-state index contributed by atoms with van der Waals surface area (Å²) in [6.07, 6.45) is -0.771. The number of rotatable bonds is 7. The van der Waals surface area contributed by atoms with Gasteiger partial charge in [-0.05, 0) is 30.7 Å². The van der Waals surface area contributed by atoms with E-state index in [9.17, 15) is 19.5 Å². The molecule has 136 valence electrons. The van der Waals surface area contributed by atoms with Gasteiger partial charge in [-0.1, -0.05) is 30.3 Å². The molecule has 1 unspecified atom stereocenters. The molecule has 0 fully saturated rings. The highest BCUT2D eigenvalue weighted by Crippen LogP contribution is 2.21. The third-order valence-corrected chi connectivity index (χ3v) is 3.54. The van der Waals surface area contributed by atoms with Crippen molar-refractivity contribution in [2.45, 2.75) is 26.6 Å². The number of ether oxygens (including phenoxy) is 1. The Kier molecular flexibility index (Phi) is 6.46. The highest BCUT2D eigenvalue weighted by molar-refractivity contribution is 6.03. The summed E-state index contributed by atoms with van der Waals surface area (Å²) in [7, 11) is 0. The number of anilines is 2. The van der Waals surface area contributed by atoms with E-state index in [1.807, 2.05) is 30.3 Å². The van der Waals surface area contributed by atoms with Gasteiger partial charge in [0.2, 0.25) is 5.91 Å². The molecule has 26 heavy (non-hydrogen) atoms. The van der Waals surface area contributed by atoms with Crippen LogP contribution < -0.4 is 10.6 Å². The van der Waals surface area contributed by atoms with Gasteiger partial charge in [-0.15, -0.1) is 0 Å². The lowest BCUT2D eigenvalue weighted by atomic mass is 10.1. The van der Waals surface area contributed by atoms with Gasteiger partial charge in [-0.3, -0.25) is 9.59 Å². The average Bonchev–Trinajstić information content (AvgIpc) is 2.61. The number of amides is 2. The van der Waals surface area contributed by atoms with Crippen LogP contribution >= 0.6 is 0 Å². The molecule has 0 heterocycles. The molecule has 2 amide bonds. The Morgan fingerprint density at radius 3 is 2.38 bits per heavy atom. The number of benzene rings is 2. The van der Waals surface area contributed by atoms with E-state index in [0.29, 0.717) is 5.69 Å². The van der Waals surface area contributed by atoms with Crippen molar-refractivity contribution in [3.8, 4) is 0 Å². The molecule has 3 N–H and O–H groups in total. The van der Waals surface area contributed by atoms with Crippen molar-refractivity contribution in [3.63, 3.8) is 0 Å². The van der Waals surface area contributed by atoms with E-state index in [4.69, 9.17) is 4.74 Å². The van der Waals surface area contributed by atoms with Crippen LogP contribution in [0.5, 0.6) is 0 Å². The topological polar surface area (TPSA) is 105 Å². The first kappa shape index (κ1) is 19.1. The van der Waals surface area contributed by atoms with Crippen molar-refractivity contribution in [2.75, 3.05) is 10.6 Å². The molecule has 2 aromatic carbocycles. The first-order chi connectivity index (χ1) is 12.4. The van der Waals surface area contributed by atoms with Crippen LogP contribution in [0.4, 0.5) is 11.4 Å². The first-order valence-electron chi connectivity index (χ1n) is 7.98. The smallest absolute Gasteiger partial charge is 0.337 e. The van der Waals surface area contributed by atoms with E-state index >= 15 is 0 Å². The highest BCUT2D eigenvalue weighted by atomic mass is 16.5. The van der Waals surface area contributed by atoms with Crippen LogP contribution in [0.3, 0.4) is 0 Å². The number of hydrogen-bond donors (Lipinski definition) is 3. The Morgan fingerprint density at radius 1 is 1.08 bits per heavy atom. The molecule has 0 aliphatic heterocycles. The lowest BCUT2D eigenvalue weighted by Crippen LogP contribution is -2.28. The second-order valence-corrected chi connectivity index (χ2v) is 5.67. The minimum Gasteiger partial charge on any atom is -0.478 e. The summed E-state index contributed by atoms with van der Waals surface area (Å²) in [6, 6.07) is 13.6. The van der Waals surface area contributed by atoms with Crippen molar-refractivity contribution in [3.05, 3.63) is 59.7 Å². The summed E-state index contributed by atoms with van der Waals surface area (Å²) in [4.78, 5) is 34.8. The summed E-state index contributed by atoms with van der Waals surface area (Å²) < 4.78 is 5.52. The average molecular weight is 356 g/mol. The summed E-state index contributed by atoms with van der Waals surface area (Å²) in [6.45, 7) is 3.18. The van der Waals surface area contributed by atoms with Crippen LogP contribution in [0.15, 0.2) is 48.5 Å². The lowest BCUT2D eigenvalue weighted by molar-refractivity contribution is -0.127. The largest absolute Gasteiger partial charge is 0.478 e. The van der Waals surface area contributed by atoms with Crippen molar-refractivity contribution >= 4 is 29.2 Å². The molecule has 0 saturated heterocycles. The molecule has 0 radical (unpaired) electrons. The number of carbonyl (C=O) groups excluding carboxylic acids is 2. The molecule has 1 atom stereocenters. The SMILES string of the molecule is CC(=O)Nc1ccc(NC(=O)C(C)OCc2ccccc2)c(C(=O)O)c1. The minimum absolute atomic E-state index is 0.125. The van der Waals surface area contributed by atoms with Crippen LogP contribution in [-0.4, -0.2) is 29.0 Å². The molecule has 7 heteroatoms. The Bertz CT molecular complexity index is 805. The van der Waals surface area contributed by atoms with E-state index in [-0.39, 0.29) is 23.8 Å². The van der Waals surface area contributed by atoms with Gasteiger partial charge in [0.05, 0.1) is 17.9 Å². The van der Waals surface area contributed by atoms with Crippen LogP contribution in [0, 0.1) is 0 Å². The van der Waals surface area contributed by atoms with Gasteiger partial charge in [-0.2, -0.15) is 0 Å². The van der Waals surface area contributed by atoms with Gasteiger partial charge in [-0.25, -0.2) is 4.79 Å². The standard InChI is InChI=1S/C19H20N2O5/c1-12(26-11-14-6-4-3-5-7-14)18(23)21-17-9-8-15(20-13(2)22)10-16(17)19(24)25/h3-10,12H,11H2,1-2H3,(H,20,22)(H,21,23)(H,24,25). The van der Waals surface area contributed by atoms with E-state index in [1.165, 1.54) is 25.1 Å². The summed E-state index contributed by atoms with van der Waals surface area (Å²) in [5, 5.41) is 14.4. The predicted molar refractivity (Wildman–Crippen MR) is 97.0 cm³/mol. The third-order valence-electron chi connectivity index (χ3n) is 3.54. The van der Waals surface area contributed by atoms with E-state index in [1.54, 1.807) is 6.92 Å². The van der Waals surface area contributed by atoms with Crippen molar-refractivity contribution in [1.82, 2.24) is 0 Å². The number of aromatic carboxylic acids is 1. The zero-order valence-electron chi connectivity index (χ0n) is 14.5. The molecule has 2 aromatic rings. The lowest BCUT2D eigenvalue weighted by Gasteiger charge is -2.15. The molecular weight excluding hydrogens is 336 g/mol. The molecule has 0 aromatic heterocycles. The highest BCUT2D eigenvalue weighted by Gasteiger charge is 2.18. The van der Waals surface area contributed by atoms with Crippen molar-refractivity contribution in [1.29, 1.82) is 0 Å². The summed E-state index contributed by atoms with van der Waals surface area (Å²) >= 11 is 0. The second kappa shape index (κ2) is 8.77. The first-order valence-corrected chi connectivity index (χ1v) is 7.98. The van der Waals surface area contributed by atoms with Gasteiger partial charge < -0.3 is 20.5 Å². The second-order valence-electron chi connectivity index (χ2n) is 5.67. The van der Waals surface area contributed by atoms with Crippen molar-refractivity contribution in [2.24, 2.45) is 0 Å². The molecule has 0 bridgehead atoms. The molecule has 2 rings (SSSR count). The number of carbonyl (C=O) groups is 3. The number of hydrogen-bond acceptors (Lipinski definition) is 4. The van der Waals surface area contributed by atoms with Gasteiger partial charge in [0, 0.05) is 12.6 Å². The van der Waals surface area contributed by atoms with Crippen LogP contribution in [0.1, 0.15) is 29.8 Å². The monoisotopic (exact) mass is 356 g/mol. The molecule has 0 spiro atoms. The maximum atomic E-state index is 12.3. The number of carboxylic acids is 1. The normalized spacial score (nSPS) is 11.5. The molecule has 0 saturated carbocycles. The fourth-order valence-corrected chi connectivity index (χ4v) is 2.22. The Hall–Kier alpha value is -3.19. The Balaban J connectivity index is 2.04. The fourth-order valence-electron chi connectivity index (χ4n) is 2.22. The van der Waals surface area contributed by atoms with E-state index in [0.717, 1.165) is 5.56 Å². The number of carboxylic acid groups (broad SMARTS) is 1. The number of nitrogens with one attached hydrogen (secondary N) is 2. The maximum absolute atomic E-state index is 12.3. The zero-order chi connectivity index (χ0) is 19.1. The minimum atomic E-state index is -1.22. The Morgan fingerprint density at radius 2 is 1.77 bits per heavy atom. The van der Waals surface area contributed by atoms with Crippen molar-refractivity contribution < 1.29 is 24.2 Å². The molecular formula is C19H20N2O5. The predicted octanol–water partition coefficient (Wildman–Crippen LogP) is 2.89. The molecule has 7 nitrogen and oxygen atoms in total. The van der Waals surface area contributed by atoms with Gasteiger partial charge in [0.1, 0.15) is 6.10 Å². The van der Waals surface area contributed by atoms with Crippen LogP contribution in [0.2, 0.25) is 0 Å². The molecule has 0 aliphatic carbocycles.